The minimum absolute atomic E-state index is 0.0147. The van der Waals surface area contributed by atoms with E-state index in [0.29, 0.717) is 12.7 Å². The van der Waals surface area contributed by atoms with E-state index in [1.165, 1.54) is 12.1 Å². The molecule has 0 aliphatic heterocycles. The summed E-state index contributed by atoms with van der Waals surface area (Å²) in [6, 6.07) is 22.8. The number of nitro groups is 1. The minimum Gasteiger partial charge on any atom is -0.483 e. The van der Waals surface area contributed by atoms with Crippen LogP contribution in [0.4, 0.5) is 5.69 Å². The van der Waals surface area contributed by atoms with Gasteiger partial charge in [0.2, 0.25) is 0 Å². The van der Waals surface area contributed by atoms with Gasteiger partial charge in [0.15, 0.2) is 12.9 Å². The van der Waals surface area contributed by atoms with Gasteiger partial charge in [-0.15, -0.1) is 0 Å². The summed E-state index contributed by atoms with van der Waals surface area (Å²) in [7, 11) is 0. The average molecular weight is 404 g/mol. The van der Waals surface area contributed by atoms with Crippen molar-refractivity contribution in [3.63, 3.8) is 0 Å². The van der Waals surface area contributed by atoms with Crippen LogP contribution in [-0.4, -0.2) is 23.7 Å². The van der Waals surface area contributed by atoms with E-state index in [4.69, 9.17) is 4.74 Å². The van der Waals surface area contributed by atoms with E-state index in [2.05, 4.69) is 5.32 Å². The van der Waals surface area contributed by atoms with Gasteiger partial charge < -0.3 is 10.1 Å². The van der Waals surface area contributed by atoms with Crippen molar-refractivity contribution in [2.45, 2.75) is 12.5 Å². The SMILES string of the molecule is O=Cc1cc([N+](=O)[O-])ccc1OCC(=O)N[C@@H](Cc1ccccc1)c1ccccc1. The molecule has 0 aliphatic carbocycles. The summed E-state index contributed by atoms with van der Waals surface area (Å²) in [5.41, 5.74) is 1.83. The van der Waals surface area contributed by atoms with Crippen LogP contribution in [-0.2, 0) is 11.2 Å². The van der Waals surface area contributed by atoms with E-state index in [1.807, 2.05) is 60.7 Å². The van der Waals surface area contributed by atoms with Gasteiger partial charge in [-0.2, -0.15) is 0 Å². The summed E-state index contributed by atoms with van der Waals surface area (Å²) in [5, 5.41) is 13.8. The highest BCUT2D eigenvalue weighted by Crippen LogP contribution is 2.23. The van der Waals surface area contributed by atoms with Gasteiger partial charge in [0.05, 0.1) is 16.5 Å². The highest BCUT2D eigenvalue weighted by atomic mass is 16.6. The second kappa shape index (κ2) is 9.97. The van der Waals surface area contributed by atoms with Crippen LogP contribution < -0.4 is 10.1 Å². The fourth-order valence-corrected chi connectivity index (χ4v) is 3.04. The molecule has 3 aromatic carbocycles. The molecule has 3 aromatic rings. The predicted molar refractivity (Wildman–Crippen MR) is 111 cm³/mol. The molecule has 30 heavy (non-hydrogen) atoms. The summed E-state index contributed by atoms with van der Waals surface area (Å²) in [4.78, 5) is 34.0. The van der Waals surface area contributed by atoms with Gasteiger partial charge in [0.25, 0.3) is 11.6 Å². The van der Waals surface area contributed by atoms with E-state index < -0.39 is 4.92 Å². The molecule has 0 heterocycles. The first-order valence-corrected chi connectivity index (χ1v) is 9.31. The maximum atomic E-state index is 12.5. The van der Waals surface area contributed by atoms with Gasteiger partial charge in [-0.25, -0.2) is 0 Å². The van der Waals surface area contributed by atoms with Crippen LogP contribution >= 0.6 is 0 Å². The molecule has 0 aromatic heterocycles. The number of nitro benzene ring substituents is 1. The van der Waals surface area contributed by atoms with Gasteiger partial charge in [-0.05, 0) is 23.6 Å². The van der Waals surface area contributed by atoms with Crippen LogP contribution in [0.15, 0.2) is 78.9 Å². The number of carbonyl (C=O) groups is 2. The lowest BCUT2D eigenvalue weighted by molar-refractivity contribution is -0.384. The van der Waals surface area contributed by atoms with E-state index in [1.54, 1.807) is 0 Å². The molecular weight excluding hydrogens is 384 g/mol. The molecule has 7 heteroatoms. The number of carbonyl (C=O) groups excluding carboxylic acids is 2. The van der Waals surface area contributed by atoms with Crippen LogP contribution in [0.3, 0.4) is 0 Å². The van der Waals surface area contributed by atoms with E-state index in [0.717, 1.165) is 17.2 Å². The van der Waals surface area contributed by atoms with Crippen molar-refractivity contribution in [1.82, 2.24) is 5.32 Å². The average Bonchev–Trinajstić information content (AvgIpc) is 2.78. The topological polar surface area (TPSA) is 98.5 Å². The third kappa shape index (κ3) is 5.51. The standard InChI is InChI=1S/C23H20N2O5/c26-15-19-14-20(25(28)29)11-12-22(19)30-16-23(27)24-21(18-9-5-2-6-10-18)13-17-7-3-1-4-8-17/h1-12,14-15,21H,13,16H2,(H,24,27)/t21-/m0/s1. The molecule has 0 spiro atoms. The highest BCUT2D eigenvalue weighted by molar-refractivity contribution is 5.82. The molecular formula is C23H20N2O5. The Morgan fingerprint density at radius 3 is 2.33 bits per heavy atom. The quantitative estimate of drug-likeness (QED) is 0.331. The molecule has 1 N–H and O–H groups in total. The van der Waals surface area contributed by atoms with Crippen molar-refractivity contribution in [2.75, 3.05) is 6.61 Å². The monoisotopic (exact) mass is 404 g/mol. The smallest absolute Gasteiger partial charge is 0.270 e. The number of nitrogens with zero attached hydrogens (tertiary/aromatic N) is 1. The van der Waals surface area contributed by atoms with Gasteiger partial charge in [0.1, 0.15) is 5.75 Å². The predicted octanol–water partition coefficient (Wildman–Crippen LogP) is 3.89. The molecule has 1 atom stereocenters. The summed E-state index contributed by atoms with van der Waals surface area (Å²) < 4.78 is 5.45. The first-order chi connectivity index (χ1) is 14.6. The summed E-state index contributed by atoms with van der Waals surface area (Å²) in [6.07, 6.45) is 1.07. The largest absolute Gasteiger partial charge is 0.483 e. The summed E-state index contributed by atoms with van der Waals surface area (Å²) in [6.45, 7) is -0.323. The van der Waals surface area contributed by atoms with E-state index in [-0.39, 0.29) is 35.6 Å². The maximum Gasteiger partial charge on any atom is 0.270 e. The fourth-order valence-electron chi connectivity index (χ4n) is 3.04. The second-order valence-electron chi connectivity index (χ2n) is 6.61. The maximum absolute atomic E-state index is 12.5. The summed E-state index contributed by atoms with van der Waals surface area (Å²) in [5.74, 6) is -0.250. The van der Waals surface area contributed by atoms with Gasteiger partial charge in [-0.3, -0.25) is 19.7 Å². The molecule has 0 bridgehead atoms. The molecule has 1 amide bonds. The van der Waals surface area contributed by atoms with E-state index >= 15 is 0 Å². The Hall–Kier alpha value is -4.00. The third-order valence-electron chi connectivity index (χ3n) is 4.51. The van der Waals surface area contributed by atoms with Crippen LogP contribution in [0, 0.1) is 10.1 Å². The van der Waals surface area contributed by atoms with Crippen LogP contribution in [0.5, 0.6) is 5.75 Å². The normalized spacial score (nSPS) is 11.3. The van der Waals surface area contributed by atoms with E-state index in [9.17, 15) is 19.7 Å². The zero-order valence-electron chi connectivity index (χ0n) is 16.1. The first kappa shape index (κ1) is 20.7. The molecule has 0 fully saturated rings. The third-order valence-corrected chi connectivity index (χ3v) is 4.51. The molecule has 0 radical (unpaired) electrons. The lowest BCUT2D eigenvalue weighted by Crippen LogP contribution is -2.33. The molecule has 0 saturated carbocycles. The molecule has 3 rings (SSSR count). The number of benzene rings is 3. The number of amides is 1. The molecule has 0 aliphatic rings. The van der Waals surface area contributed by atoms with Gasteiger partial charge in [-0.1, -0.05) is 60.7 Å². The number of ether oxygens (including phenoxy) is 1. The highest BCUT2D eigenvalue weighted by Gasteiger charge is 2.17. The number of hydrogen-bond donors (Lipinski definition) is 1. The van der Waals surface area contributed by atoms with Crippen molar-refractivity contribution >= 4 is 17.9 Å². The molecule has 0 saturated heterocycles. The van der Waals surface area contributed by atoms with Gasteiger partial charge >= 0.3 is 0 Å². The Labute approximate surface area is 173 Å². The molecule has 0 unspecified atom stereocenters. The van der Waals surface area contributed by atoms with Crippen LogP contribution in [0.1, 0.15) is 27.5 Å². The van der Waals surface area contributed by atoms with Crippen molar-refractivity contribution in [3.05, 3.63) is 106 Å². The van der Waals surface area contributed by atoms with Crippen LogP contribution in [0.25, 0.3) is 0 Å². The first-order valence-electron chi connectivity index (χ1n) is 9.31. The zero-order chi connectivity index (χ0) is 21.3. The number of nitrogens with one attached hydrogen (secondary N) is 1. The Morgan fingerprint density at radius 1 is 1.03 bits per heavy atom. The van der Waals surface area contributed by atoms with Crippen molar-refractivity contribution in [1.29, 1.82) is 0 Å². The lowest BCUT2D eigenvalue weighted by atomic mass is 9.99. The van der Waals surface area contributed by atoms with Crippen LogP contribution in [0.2, 0.25) is 0 Å². The Balaban J connectivity index is 1.69. The molecule has 7 nitrogen and oxygen atoms in total. The Kier molecular flexibility index (Phi) is 6.89. The lowest BCUT2D eigenvalue weighted by Gasteiger charge is -2.20. The minimum atomic E-state index is -0.600. The number of rotatable bonds is 9. The Bertz CT molecular complexity index is 1020. The molecule has 152 valence electrons. The number of aldehydes is 1. The summed E-state index contributed by atoms with van der Waals surface area (Å²) >= 11 is 0. The van der Waals surface area contributed by atoms with Crippen molar-refractivity contribution in [2.24, 2.45) is 0 Å². The Morgan fingerprint density at radius 2 is 1.70 bits per heavy atom. The van der Waals surface area contributed by atoms with Crippen molar-refractivity contribution < 1.29 is 19.2 Å². The zero-order valence-corrected chi connectivity index (χ0v) is 16.1. The number of non-ortho nitro benzene ring substituents is 1. The van der Waals surface area contributed by atoms with Crippen molar-refractivity contribution in [3.8, 4) is 5.75 Å². The second-order valence-corrected chi connectivity index (χ2v) is 6.61. The number of hydrogen-bond acceptors (Lipinski definition) is 5. The fraction of sp³-hybridized carbons (Fsp3) is 0.130. The van der Waals surface area contributed by atoms with Gasteiger partial charge in [0, 0.05) is 12.1 Å².